The predicted octanol–water partition coefficient (Wildman–Crippen LogP) is 9.27. The normalized spacial score (nSPS) is 16.5. The van der Waals surface area contributed by atoms with E-state index in [0.29, 0.717) is 0 Å². The number of rotatable bonds is 19. The van der Waals surface area contributed by atoms with Crippen LogP contribution in [-0.4, -0.2) is 22.4 Å². The lowest BCUT2D eigenvalue weighted by atomic mass is 9.85. The summed E-state index contributed by atoms with van der Waals surface area (Å²) in [4.78, 5) is 23.8. The summed E-state index contributed by atoms with van der Waals surface area (Å²) in [5.41, 5.74) is -1.35. The maximum absolute atomic E-state index is 6.09. The average molecular weight is 457 g/mol. The minimum atomic E-state index is -0.351. The fourth-order valence-electron chi connectivity index (χ4n) is 3.46. The highest BCUT2D eigenvalue weighted by molar-refractivity contribution is 4.82. The first kappa shape index (κ1) is 31.6. The maximum Gasteiger partial charge on any atom is 0.101 e. The van der Waals surface area contributed by atoms with Crippen LogP contribution in [0.15, 0.2) is 12.7 Å². The van der Waals surface area contributed by atoms with Crippen molar-refractivity contribution < 1.29 is 19.6 Å². The van der Waals surface area contributed by atoms with E-state index in [2.05, 4.69) is 27.4 Å². The van der Waals surface area contributed by atoms with Crippen LogP contribution in [0.1, 0.15) is 146 Å². The fourth-order valence-corrected chi connectivity index (χ4v) is 3.46. The van der Waals surface area contributed by atoms with Crippen molar-refractivity contribution in [1.82, 2.24) is 0 Å². The summed E-state index contributed by atoms with van der Waals surface area (Å²) in [7, 11) is 0. The molecule has 0 saturated carbocycles. The first-order valence-electron chi connectivity index (χ1n) is 13.1. The lowest BCUT2D eigenvalue weighted by Crippen LogP contribution is -2.38. The summed E-state index contributed by atoms with van der Waals surface area (Å²) < 4.78 is 0. The molecule has 2 unspecified atom stereocenters. The van der Waals surface area contributed by atoms with Gasteiger partial charge in [0.15, 0.2) is 0 Å². The van der Waals surface area contributed by atoms with Crippen LogP contribution in [-0.2, 0) is 19.6 Å². The zero-order chi connectivity index (χ0) is 24.7. The number of hydrogen-bond acceptors (Lipinski definition) is 4. The van der Waals surface area contributed by atoms with Gasteiger partial charge in [0.25, 0.3) is 0 Å². The van der Waals surface area contributed by atoms with Gasteiger partial charge in [-0.1, -0.05) is 57.9 Å². The largest absolute Gasteiger partial charge is 0.230 e. The highest BCUT2D eigenvalue weighted by Crippen LogP contribution is 2.34. The van der Waals surface area contributed by atoms with E-state index in [0.717, 1.165) is 44.9 Å². The second-order valence-corrected chi connectivity index (χ2v) is 12.0. The van der Waals surface area contributed by atoms with Gasteiger partial charge in [-0.05, 0) is 93.9 Å². The van der Waals surface area contributed by atoms with Crippen LogP contribution in [0, 0.1) is 0 Å². The van der Waals surface area contributed by atoms with Crippen LogP contribution >= 0.6 is 0 Å². The molecule has 192 valence electrons. The third-order valence-electron chi connectivity index (χ3n) is 5.59. The minimum Gasteiger partial charge on any atom is -0.230 e. The molecule has 0 aromatic heterocycles. The molecule has 0 rings (SSSR count). The molecule has 0 fully saturated rings. The minimum absolute atomic E-state index is 0.330. The van der Waals surface area contributed by atoms with Gasteiger partial charge in [0, 0.05) is 0 Å². The molecule has 4 heteroatoms. The molecule has 0 N–H and O–H groups in total. The van der Waals surface area contributed by atoms with Gasteiger partial charge < -0.3 is 0 Å². The zero-order valence-corrected chi connectivity index (χ0v) is 23.1. The van der Waals surface area contributed by atoms with Gasteiger partial charge in [0.2, 0.25) is 0 Å². The van der Waals surface area contributed by atoms with E-state index in [1.165, 1.54) is 38.5 Å². The first-order valence-corrected chi connectivity index (χ1v) is 13.1. The molecule has 0 amide bonds. The van der Waals surface area contributed by atoms with E-state index in [-0.39, 0.29) is 22.4 Å². The van der Waals surface area contributed by atoms with E-state index in [1.54, 1.807) is 0 Å². The van der Waals surface area contributed by atoms with E-state index >= 15 is 0 Å². The second-order valence-electron chi connectivity index (χ2n) is 12.0. The first-order chi connectivity index (χ1) is 14.7. The van der Waals surface area contributed by atoms with Crippen molar-refractivity contribution in [2.75, 3.05) is 0 Å². The van der Waals surface area contributed by atoms with Gasteiger partial charge in [-0.25, -0.2) is 19.6 Å². The smallest absolute Gasteiger partial charge is 0.101 e. The average Bonchev–Trinajstić information content (AvgIpc) is 2.68. The van der Waals surface area contributed by atoms with Gasteiger partial charge >= 0.3 is 0 Å². The molecule has 0 saturated heterocycles. The Hall–Kier alpha value is -0.420. The van der Waals surface area contributed by atoms with Gasteiger partial charge in [0.1, 0.15) is 11.2 Å². The molecule has 0 aliphatic rings. The molecular weight excluding hydrogens is 400 g/mol. The van der Waals surface area contributed by atoms with Crippen molar-refractivity contribution in [3.05, 3.63) is 12.7 Å². The molecular formula is C28H56O4. The highest BCUT2D eigenvalue weighted by Gasteiger charge is 2.35. The highest BCUT2D eigenvalue weighted by atomic mass is 17.2. The third-order valence-corrected chi connectivity index (χ3v) is 5.59. The molecule has 2 atom stereocenters. The topological polar surface area (TPSA) is 36.9 Å². The predicted molar refractivity (Wildman–Crippen MR) is 137 cm³/mol. The van der Waals surface area contributed by atoms with Crippen molar-refractivity contribution in [3.8, 4) is 0 Å². The Morgan fingerprint density at radius 1 is 0.531 bits per heavy atom. The lowest BCUT2D eigenvalue weighted by molar-refractivity contribution is -0.415. The van der Waals surface area contributed by atoms with E-state index in [4.69, 9.17) is 19.6 Å². The SMILES string of the molecule is C=CCCCCCC(C)(CCC(C)(CCCCCCC)OOC(C)(C)C)OOC(C)(C)C. The summed E-state index contributed by atoms with van der Waals surface area (Å²) in [5, 5.41) is 0. The van der Waals surface area contributed by atoms with Gasteiger partial charge in [-0.3, -0.25) is 0 Å². The Morgan fingerprint density at radius 2 is 0.938 bits per heavy atom. The van der Waals surface area contributed by atoms with Crippen molar-refractivity contribution >= 4 is 0 Å². The molecule has 4 nitrogen and oxygen atoms in total. The van der Waals surface area contributed by atoms with E-state index in [9.17, 15) is 0 Å². The van der Waals surface area contributed by atoms with Crippen LogP contribution in [0.4, 0.5) is 0 Å². The lowest BCUT2D eigenvalue weighted by Gasteiger charge is -2.37. The fraction of sp³-hybridized carbons (Fsp3) is 0.929. The summed E-state index contributed by atoms with van der Waals surface area (Å²) in [6.07, 6.45) is 16.5. The molecule has 32 heavy (non-hydrogen) atoms. The molecule has 0 spiro atoms. The monoisotopic (exact) mass is 456 g/mol. The Balaban J connectivity index is 5.09. The Bertz CT molecular complexity index is 477. The Labute approximate surface area is 200 Å². The van der Waals surface area contributed by atoms with E-state index < -0.39 is 0 Å². The molecule has 0 aliphatic heterocycles. The van der Waals surface area contributed by atoms with Crippen LogP contribution in [0.2, 0.25) is 0 Å². The van der Waals surface area contributed by atoms with Crippen molar-refractivity contribution in [2.45, 2.75) is 168 Å². The van der Waals surface area contributed by atoms with Crippen LogP contribution in [0.3, 0.4) is 0 Å². The second kappa shape index (κ2) is 15.5. The van der Waals surface area contributed by atoms with E-state index in [1.807, 2.05) is 47.6 Å². The van der Waals surface area contributed by atoms with Crippen molar-refractivity contribution in [1.29, 1.82) is 0 Å². The van der Waals surface area contributed by atoms with Crippen LogP contribution < -0.4 is 0 Å². The van der Waals surface area contributed by atoms with Crippen LogP contribution in [0.25, 0.3) is 0 Å². The standard InChI is InChI=1S/C28H56O4/c1-11-13-15-17-19-21-27(9,31-29-25(3,4)5)23-24-28(10,32-30-26(6,7)8)22-20-18-16-14-12-2/h11H,1,12-24H2,2-10H3. The number of hydrogen-bond donors (Lipinski definition) is 0. The van der Waals surface area contributed by atoms with Crippen LogP contribution in [0.5, 0.6) is 0 Å². The molecule has 0 aliphatic carbocycles. The molecule has 0 heterocycles. The van der Waals surface area contributed by atoms with Crippen molar-refractivity contribution in [3.63, 3.8) is 0 Å². The summed E-state index contributed by atoms with van der Waals surface area (Å²) in [6.45, 7) is 22.6. The van der Waals surface area contributed by atoms with Gasteiger partial charge in [0.05, 0.1) is 11.2 Å². The quantitative estimate of drug-likeness (QED) is 0.0839. The molecule has 0 aromatic carbocycles. The zero-order valence-electron chi connectivity index (χ0n) is 23.1. The summed E-state index contributed by atoms with van der Waals surface area (Å²) in [6, 6.07) is 0. The summed E-state index contributed by atoms with van der Waals surface area (Å²) in [5.74, 6) is 0. The Morgan fingerprint density at radius 3 is 1.31 bits per heavy atom. The Kier molecular flexibility index (Phi) is 15.3. The number of allylic oxidation sites excluding steroid dienone is 1. The van der Waals surface area contributed by atoms with Gasteiger partial charge in [-0.15, -0.1) is 6.58 Å². The van der Waals surface area contributed by atoms with Crippen molar-refractivity contribution in [2.24, 2.45) is 0 Å². The molecule has 0 radical (unpaired) electrons. The number of unbranched alkanes of at least 4 members (excludes halogenated alkanes) is 7. The summed E-state index contributed by atoms with van der Waals surface area (Å²) >= 11 is 0. The third kappa shape index (κ3) is 18.1. The molecule has 0 bridgehead atoms. The maximum atomic E-state index is 6.09. The van der Waals surface area contributed by atoms with Gasteiger partial charge in [-0.2, -0.15) is 0 Å². The molecule has 0 aromatic rings.